The molecule has 102 valence electrons. The van der Waals surface area contributed by atoms with Crippen LogP contribution < -0.4 is 0 Å². The Kier molecular flexibility index (Phi) is 5.07. The first-order chi connectivity index (χ1) is 9.79. The molecule has 0 amide bonds. The standard InChI is InChI=1S/C17H16O3/c18-13-15-8-10-16(11-9-15)17(19)20-12-4-7-14-5-2-1-3-6-14/h1-3,5-6,8-11,13H,4,7,12H2. The van der Waals surface area contributed by atoms with E-state index in [0.717, 1.165) is 19.1 Å². The van der Waals surface area contributed by atoms with Crippen LogP contribution in [0.3, 0.4) is 0 Å². The van der Waals surface area contributed by atoms with Crippen molar-refractivity contribution in [2.45, 2.75) is 12.8 Å². The third-order valence-corrected chi connectivity index (χ3v) is 2.97. The number of carbonyl (C=O) groups excluding carboxylic acids is 2. The molecule has 0 radical (unpaired) electrons. The molecule has 0 heterocycles. The molecule has 0 aliphatic carbocycles. The molecule has 2 rings (SSSR count). The van der Waals surface area contributed by atoms with Gasteiger partial charge in [0.1, 0.15) is 6.29 Å². The van der Waals surface area contributed by atoms with E-state index in [0.29, 0.717) is 17.7 Å². The average molecular weight is 268 g/mol. The van der Waals surface area contributed by atoms with E-state index in [4.69, 9.17) is 4.74 Å². The first-order valence-electron chi connectivity index (χ1n) is 6.56. The quantitative estimate of drug-likeness (QED) is 0.458. The smallest absolute Gasteiger partial charge is 0.338 e. The summed E-state index contributed by atoms with van der Waals surface area (Å²) in [6, 6.07) is 16.5. The highest BCUT2D eigenvalue weighted by Crippen LogP contribution is 2.06. The summed E-state index contributed by atoms with van der Waals surface area (Å²) in [5.74, 6) is -0.351. The van der Waals surface area contributed by atoms with E-state index >= 15 is 0 Å². The second-order valence-electron chi connectivity index (χ2n) is 4.46. The monoisotopic (exact) mass is 268 g/mol. The van der Waals surface area contributed by atoms with Gasteiger partial charge < -0.3 is 4.74 Å². The van der Waals surface area contributed by atoms with Gasteiger partial charge in [-0.15, -0.1) is 0 Å². The van der Waals surface area contributed by atoms with Gasteiger partial charge in [-0.05, 0) is 30.5 Å². The molecule has 0 aliphatic heterocycles. The van der Waals surface area contributed by atoms with Crippen LogP contribution in [0.25, 0.3) is 0 Å². The molecular weight excluding hydrogens is 252 g/mol. The van der Waals surface area contributed by atoms with Crippen molar-refractivity contribution in [1.82, 2.24) is 0 Å². The van der Waals surface area contributed by atoms with Gasteiger partial charge in [-0.3, -0.25) is 4.79 Å². The summed E-state index contributed by atoms with van der Waals surface area (Å²) in [6.07, 6.45) is 2.43. The van der Waals surface area contributed by atoms with Gasteiger partial charge in [0.05, 0.1) is 12.2 Å². The predicted octanol–water partition coefficient (Wildman–Crippen LogP) is 3.29. The van der Waals surface area contributed by atoms with E-state index in [-0.39, 0.29) is 5.97 Å². The number of hydrogen-bond donors (Lipinski definition) is 0. The highest BCUT2D eigenvalue weighted by atomic mass is 16.5. The molecule has 0 saturated heterocycles. The van der Waals surface area contributed by atoms with Crippen LogP contribution in [-0.4, -0.2) is 18.9 Å². The van der Waals surface area contributed by atoms with Crippen LogP contribution in [0.15, 0.2) is 54.6 Å². The maximum atomic E-state index is 11.7. The highest BCUT2D eigenvalue weighted by Gasteiger charge is 2.06. The number of carbonyl (C=O) groups is 2. The van der Waals surface area contributed by atoms with Gasteiger partial charge in [-0.1, -0.05) is 42.5 Å². The number of esters is 1. The van der Waals surface area contributed by atoms with E-state index in [1.807, 2.05) is 18.2 Å². The Bertz CT molecular complexity index is 559. The lowest BCUT2D eigenvalue weighted by molar-refractivity contribution is 0.0500. The highest BCUT2D eigenvalue weighted by molar-refractivity contribution is 5.90. The molecule has 0 unspecified atom stereocenters. The fourth-order valence-corrected chi connectivity index (χ4v) is 1.87. The zero-order valence-corrected chi connectivity index (χ0v) is 11.1. The lowest BCUT2D eigenvalue weighted by Gasteiger charge is -2.05. The third kappa shape index (κ3) is 4.05. The molecule has 0 spiro atoms. The number of benzene rings is 2. The fraction of sp³-hybridized carbons (Fsp3) is 0.176. The minimum atomic E-state index is -0.351. The fourth-order valence-electron chi connectivity index (χ4n) is 1.87. The van der Waals surface area contributed by atoms with Crippen LogP contribution in [0.1, 0.15) is 32.7 Å². The first-order valence-corrected chi connectivity index (χ1v) is 6.56. The Morgan fingerprint density at radius 3 is 2.35 bits per heavy atom. The van der Waals surface area contributed by atoms with E-state index in [9.17, 15) is 9.59 Å². The Hall–Kier alpha value is -2.42. The maximum Gasteiger partial charge on any atom is 0.338 e. The minimum absolute atomic E-state index is 0.351. The van der Waals surface area contributed by atoms with Gasteiger partial charge in [0.15, 0.2) is 0 Å². The van der Waals surface area contributed by atoms with E-state index in [2.05, 4.69) is 12.1 Å². The number of hydrogen-bond acceptors (Lipinski definition) is 3. The second-order valence-corrected chi connectivity index (χ2v) is 4.46. The van der Waals surface area contributed by atoms with Crippen molar-refractivity contribution in [2.75, 3.05) is 6.61 Å². The SMILES string of the molecule is O=Cc1ccc(C(=O)OCCCc2ccccc2)cc1. The predicted molar refractivity (Wildman–Crippen MR) is 76.9 cm³/mol. The molecular formula is C17H16O3. The topological polar surface area (TPSA) is 43.4 Å². The molecule has 0 aromatic heterocycles. The van der Waals surface area contributed by atoms with Crippen molar-refractivity contribution in [2.24, 2.45) is 0 Å². The van der Waals surface area contributed by atoms with Gasteiger partial charge in [0.2, 0.25) is 0 Å². The summed E-state index contributed by atoms with van der Waals surface area (Å²) in [4.78, 5) is 22.3. The van der Waals surface area contributed by atoms with Crippen LogP contribution >= 0.6 is 0 Å². The molecule has 0 fully saturated rings. The number of ether oxygens (including phenoxy) is 1. The van der Waals surface area contributed by atoms with Crippen molar-refractivity contribution in [1.29, 1.82) is 0 Å². The maximum absolute atomic E-state index is 11.7. The number of aldehydes is 1. The summed E-state index contributed by atoms with van der Waals surface area (Å²) in [7, 11) is 0. The Morgan fingerprint density at radius 1 is 1.00 bits per heavy atom. The molecule has 0 bridgehead atoms. The number of aryl methyl sites for hydroxylation is 1. The van der Waals surface area contributed by atoms with Crippen molar-refractivity contribution in [3.05, 3.63) is 71.3 Å². The van der Waals surface area contributed by atoms with Gasteiger partial charge in [0.25, 0.3) is 0 Å². The summed E-state index contributed by atoms with van der Waals surface area (Å²) >= 11 is 0. The largest absolute Gasteiger partial charge is 0.462 e. The molecule has 0 N–H and O–H groups in total. The van der Waals surface area contributed by atoms with E-state index in [1.165, 1.54) is 5.56 Å². The van der Waals surface area contributed by atoms with Crippen molar-refractivity contribution in [3.63, 3.8) is 0 Å². The Morgan fingerprint density at radius 2 is 1.70 bits per heavy atom. The molecule has 0 saturated carbocycles. The van der Waals surface area contributed by atoms with Crippen molar-refractivity contribution < 1.29 is 14.3 Å². The summed E-state index contributed by atoms with van der Waals surface area (Å²) in [6.45, 7) is 0.392. The summed E-state index contributed by atoms with van der Waals surface area (Å²) in [5.41, 5.74) is 2.25. The van der Waals surface area contributed by atoms with Gasteiger partial charge in [0, 0.05) is 5.56 Å². The first kappa shape index (κ1) is 14.0. The zero-order valence-electron chi connectivity index (χ0n) is 11.1. The molecule has 2 aromatic carbocycles. The van der Waals surface area contributed by atoms with Gasteiger partial charge in [-0.2, -0.15) is 0 Å². The van der Waals surface area contributed by atoms with E-state index in [1.54, 1.807) is 24.3 Å². The normalized spacial score (nSPS) is 10.0. The lowest BCUT2D eigenvalue weighted by atomic mass is 10.1. The van der Waals surface area contributed by atoms with Crippen molar-refractivity contribution in [3.8, 4) is 0 Å². The molecule has 20 heavy (non-hydrogen) atoms. The van der Waals surface area contributed by atoms with Crippen molar-refractivity contribution >= 4 is 12.3 Å². The van der Waals surface area contributed by atoms with Gasteiger partial charge >= 0.3 is 5.97 Å². The molecule has 3 nitrogen and oxygen atoms in total. The summed E-state index contributed by atoms with van der Waals surface area (Å²) < 4.78 is 5.20. The van der Waals surface area contributed by atoms with Crippen LogP contribution in [-0.2, 0) is 11.2 Å². The molecule has 3 heteroatoms. The molecule has 0 aliphatic rings. The molecule has 2 aromatic rings. The third-order valence-electron chi connectivity index (χ3n) is 2.97. The minimum Gasteiger partial charge on any atom is -0.462 e. The Balaban J connectivity index is 1.76. The van der Waals surface area contributed by atoms with Crippen LogP contribution in [0.5, 0.6) is 0 Å². The van der Waals surface area contributed by atoms with Crippen LogP contribution in [0, 0.1) is 0 Å². The van der Waals surface area contributed by atoms with Crippen LogP contribution in [0.2, 0.25) is 0 Å². The number of rotatable bonds is 6. The Labute approximate surface area is 118 Å². The van der Waals surface area contributed by atoms with Crippen LogP contribution in [0.4, 0.5) is 0 Å². The second kappa shape index (κ2) is 7.24. The lowest BCUT2D eigenvalue weighted by Crippen LogP contribution is -2.07. The summed E-state index contributed by atoms with van der Waals surface area (Å²) in [5, 5.41) is 0. The zero-order chi connectivity index (χ0) is 14.2. The molecule has 0 atom stereocenters. The average Bonchev–Trinajstić information content (AvgIpc) is 2.52. The van der Waals surface area contributed by atoms with E-state index < -0.39 is 0 Å². The van der Waals surface area contributed by atoms with Gasteiger partial charge in [-0.25, -0.2) is 4.79 Å².